The third-order valence-corrected chi connectivity index (χ3v) is 10.0. The second-order valence-electron chi connectivity index (χ2n) is 5.92. The van der Waals surface area contributed by atoms with E-state index in [2.05, 4.69) is 72.7 Å². The van der Waals surface area contributed by atoms with Gasteiger partial charge in [-0.2, -0.15) is 0 Å². The zero-order valence-electron chi connectivity index (χ0n) is 13.6. The first-order chi connectivity index (χ1) is 10.7. The molecule has 4 rings (SSSR count). The smallest absolute Gasteiger partial charge is 1.00 e. The first kappa shape index (κ1) is 19.9. The first-order valence-corrected chi connectivity index (χ1v) is 11.2. The van der Waals surface area contributed by atoms with Crippen molar-refractivity contribution in [2.75, 3.05) is 0 Å². The Hall–Kier alpha value is -0.387. The first-order valence-electron chi connectivity index (χ1n) is 7.68. The molecule has 0 spiro atoms. The van der Waals surface area contributed by atoms with Gasteiger partial charge in [-0.1, -0.05) is 0 Å². The molecule has 0 saturated heterocycles. The van der Waals surface area contributed by atoms with E-state index in [1.165, 1.54) is 31.6 Å². The minimum absolute atomic E-state index is 0. The van der Waals surface area contributed by atoms with Crippen molar-refractivity contribution >= 4 is 20.1 Å². The SMILES string of the molecule is CC1=CC[C]([Zr+2][CH]2C(n3cccp3)=Cc3ccccc32)=C1C.[Cl-].[Cl-]. The molecule has 0 radical (unpaired) electrons. The van der Waals surface area contributed by atoms with Crippen molar-refractivity contribution in [1.82, 2.24) is 4.33 Å². The zero-order chi connectivity index (χ0) is 15.1. The Morgan fingerprint density at radius 1 is 1.12 bits per heavy atom. The second-order valence-corrected chi connectivity index (χ2v) is 10.5. The van der Waals surface area contributed by atoms with Gasteiger partial charge in [0.25, 0.3) is 0 Å². The summed E-state index contributed by atoms with van der Waals surface area (Å²) in [7, 11) is 1.29. The molecule has 1 heterocycles. The Labute approximate surface area is 169 Å². The van der Waals surface area contributed by atoms with Crippen molar-refractivity contribution < 1.29 is 48.0 Å². The molecule has 1 atom stereocenters. The maximum absolute atomic E-state index is 2.42. The molecular weight excluding hydrogens is 435 g/mol. The van der Waals surface area contributed by atoms with Crippen LogP contribution >= 0.6 is 8.35 Å². The molecule has 2 aromatic rings. The Balaban J connectivity index is 0.00000104. The zero-order valence-corrected chi connectivity index (χ0v) is 18.5. The largest absolute Gasteiger partial charge is 1.00 e. The van der Waals surface area contributed by atoms with Crippen molar-refractivity contribution in [2.45, 2.75) is 23.9 Å². The number of aromatic nitrogens is 1. The molecular formula is C19H18Cl2NPZr. The van der Waals surface area contributed by atoms with E-state index in [4.69, 9.17) is 0 Å². The summed E-state index contributed by atoms with van der Waals surface area (Å²) in [6, 6.07) is 11.1. The van der Waals surface area contributed by atoms with Gasteiger partial charge in [-0.05, 0) is 0 Å². The number of halogens is 2. The average Bonchev–Trinajstić information content (AvgIpc) is 3.23. The number of benzene rings is 1. The summed E-state index contributed by atoms with van der Waals surface area (Å²) in [5.41, 5.74) is 7.59. The molecule has 1 aromatic heterocycles. The summed E-state index contributed by atoms with van der Waals surface area (Å²) >= 11 is -0.671. The molecule has 2 aliphatic carbocycles. The summed E-state index contributed by atoms with van der Waals surface area (Å²) < 4.78 is 4.85. The van der Waals surface area contributed by atoms with Gasteiger partial charge in [-0.25, -0.2) is 0 Å². The van der Waals surface area contributed by atoms with E-state index in [-0.39, 0.29) is 24.8 Å². The Morgan fingerprint density at radius 2 is 1.92 bits per heavy atom. The summed E-state index contributed by atoms with van der Waals surface area (Å²) in [5, 5.41) is 0. The Kier molecular flexibility index (Phi) is 6.92. The summed E-state index contributed by atoms with van der Waals surface area (Å²) in [4.78, 5) is 0. The Morgan fingerprint density at radius 3 is 2.58 bits per heavy atom. The van der Waals surface area contributed by atoms with Gasteiger partial charge in [0.15, 0.2) is 0 Å². The molecule has 0 fully saturated rings. The van der Waals surface area contributed by atoms with Crippen LogP contribution in [0.3, 0.4) is 0 Å². The summed E-state index contributed by atoms with van der Waals surface area (Å²) in [6.07, 6.45) is 8.26. The maximum atomic E-state index is 2.42. The fourth-order valence-electron chi connectivity index (χ4n) is 3.22. The van der Waals surface area contributed by atoms with Gasteiger partial charge < -0.3 is 24.8 Å². The van der Waals surface area contributed by atoms with E-state index in [1.807, 2.05) is 0 Å². The van der Waals surface area contributed by atoms with Crippen LogP contribution in [-0.4, -0.2) is 4.33 Å². The quantitative estimate of drug-likeness (QED) is 0.609. The molecule has 24 heavy (non-hydrogen) atoms. The second kappa shape index (κ2) is 8.33. The maximum Gasteiger partial charge on any atom is -1.00 e. The van der Waals surface area contributed by atoms with E-state index in [0.29, 0.717) is 3.63 Å². The van der Waals surface area contributed by atoms with Gasteiger partial charge >= 0.3 is 146 Å². The van der Waals surface area contributed by atoms with Crippen molar-refractivity contribution in [3.63, 3.8) is 0 Å². The molecule has 1 unspecified atom stereocenters. The molecule has 0 bridgehead atoms. The van der Waals surface area contributed by atoms with Gasteiger partial charge in [-0.3, -0.25) is 0 Å². The number of hydrogen-bond donors (Lipinski definition) is 0. The minimum Gasteiger partial charge on any atom is -1.00 e. The number of rotatable bonds is 3. The van der Waals surface area contributed by atoms with E-state index in [0.717, 1.165) is 0 Å². The van der Waals surface area contributed by atoms with Crippen LogP contribution in [0, 0.1) is 0 Å². The fourth-order valence-corrected chi connectivity index (χ4v) is 8.60. The normalized spacial score (nSPS) is 18.5. The van der Waals surface area contributed by atoms with Crippen LogP contribution in [0.2, 0.25) is 0 Å². The third-order valence-electron chi connectivity index (χ3n) is 4.65. The van der Waals surface area contributed by atoms with Crippen LogP contribution in [0.1, 0.15) is 35.0 Å². The van der Waals surface area contributed by atoms with Gasteiger partial charge in [0.1, 0.15) is 0 Å². The van der Waals surface area contributed by atoms with Crippen molar-refractivity contribution in [3.05, 3.63) is 74.0 Å². The monoisotopic (exact) mass is 451 g/mol. The number of nitrogens with zero attached hydrogens (tertiary/aromatic N) is 1. The molecule has 0 aliphatic heterocycles. The molecule has 2 aliphatic rings. The minimum atomic E-state index is -0.671. The number of allylic oxidation sites excluding steroid dienone is 5. The van der Waals surface area contributed by atoms with Crippen LogP contribution in [0.15, 0.2) is 62.8 Å². The van der Waals surface area contributed by atoms with Crippen LogP contribution < -0.4 is 24.8 Å². The third kappa shape index (κ3) is 3.58. The van der Waals surface area contributed by atoms with Crippen molar-refractivity contribution in [1.29, 1.82) is 0 Å². The van der Waals surface area contributed by atoms with E-state index in [9.17, 15) is 0 Å². The van der Waals surface area contributed by atoms with E-state index < -0.39 is 23.2 Å². The molecule has 1 nitrogen and oxygen atoms in total. The molecule has 122 valence electrons. The Bertz CT molecular complexity index is 822. The molecule has 5 heteroatoms. The van der Waals surface area contributed by atoms with Crippen LogP contribution in [-0.2, 0) is 23.2 Å². The fraction of sp³-hybridized carbons (Fsp3) is 0.211. The average molecular weight is 453 g/mol. The van der Waals surface area contributed by atoms with E-state index >= 15 is 0 Å². The summed E-state index contributed by atoms with van der Waals surface area (Å²) in [6.45, 7) is 4.58. The van der Waals surface area contributed by atoms with Crippen LogP contribution in [0.5, 0.6) is 0 Å². The van der Waals surface area contributed by atoms with Crippen molar-refractivity contribution in [2.24, 2.45) is 0 Å². The topological polar surface area (TPSA) is 4.93 Å². The van der Waals surface area contributed by atoms with Gasteiger partial charge in [-0.15, -0.1) is 0 Å². The predicted molar refractivity (Wildman–Crippen MR) is 91.4 cm³/mol. The number of hydrogen-bond acceptors (Lipinski definition) is 0. The summed E-state index contributed by atoms with van der Waals surface area (Å²) in [5.74, 6) is 2.22. The molecule has 1 aromatic carbocycles. The van der Waals surface area contributed by atoms with E-state index in [1.54, 1.807) is 14.4 Å². The van der Waals surface area contributed by atoms with Gasteiger partial charge in [0.05, 0.1) is 0 Å². The standard InChI is InChI=1S/C12H9NP.C7H9.2ClH.Zr/c1-2-5-11-9-12(8-10(11)4-1)13-6-3-7-14-13;1-6-4-3-5-7(6)2;;;/h1-9H;4H,3H2,1-2H3;2*1H;/q;;;;+2/p-2. The molecule has 0 N–H and O–H groups in total. The predicted octanol–water partition coefficient (Wildman–Crippen LogP) is -0.164. The van der Waals surface area contributed by atoms with Gasteiger partial charge in [0.2, 0.25) is 0 Å². The van der Waals surface area contributed by atoms with Crippen LogP contribution in [0.4, 0.5) is 0 Å². The van der Waals surface area contributed by atoms with Crippen LogP contribution in [0.25, 0.3) is 11.8 Å². The molecule has 0 saturated carbocycles. The van der Waals surface area contributed by atoms with Crippen molar-refractivity contribution in [3.8, 4) is 0 Å². The molecule has 0 amide bonds. The van der Waals surface area contributed by atoms with Gasteiger partial charge in [0, 0.05) is 0 Å². The number of fused-ring (bicyclic) bond motifs is 1.